The van der Waals surface area contributed by atoms with Gasteiger partial charge >= 0.3 is 0 Å². The Balaban J connectivity index is 2.35. The Morgan fingerprint density at radius 3 is 2.56 bits per heavy atom. The van der Waals surface area contributed by atoms with Crippen LogP contribution in [0.3, 0.4) is 0 Å². The van der Waals surface area contributed by atoms with Gasteiger partial charge in [-0.15, -0.1) is 0 Å². The zero-order chi connectivity index (χ0) is 18.4. The molecule has 0 amide bonds. The van der Waals surface area contributed by atoms with E-state index in [0.717, 1.165) is 29.9 Å². The van der Waals surface area contributed by atoms with Crippen LogP contribution < -0.4 is 4.90 Å². The summed E-state index contributed by atoms with van der Waals surface area (Å²) in [4.78, 5) is 18.5. The van der Waals surface area contributed by atoms with Crippen LogP contribution in [0.2, 0.25) is 0 Å². The standard InChI is InChI=1S/C20H26N2O3/c1-4-6-16-19(24)10-9-18(20(16)25)21-17-8-7-15(13-14(17)3)22(5-2)11-12-23/h7-10,13,23,25H,4-6,11-12H2,1-3H3. The van der Waals surface area contributed by atoms with E-state index in [1.54, 1.807) is 6.08 Å². The second kappa shape index (κ2) is 8.62. The van der Waals surface area contributed by atoms with Crippen molar-refractivity contribution in [3.63, 3.8) is 0 Å². The molecule has 2 N–H and O–H groups in total. The molecule has 25 heavy (non-hydrogen) atoms. The van der Waals surface area contributed by atoms with Crippen LogP contribution >= 0.6 is 0 Å². The van der Waals surface area contributed by atoms with Crippen LogP contribution in [0.15, 0.2) is 46.7 Å². The van der Waals surface area contributed by atoms with E-state index < -0.39 is 0 Å². The normalized spacial score (nSPS) is 16.0. The lowest BCUT2D eigenvalue weighted by molar-refractivity contribution is -0.111. The first kappa shape index (κ1) is 18.9. The Morgan fingerprint density at radius 1 is 1.20 bits per heavy atom. The molecule has 2 rings (SSSR count). The highest BCUT2D eigenvalue weighted by molar-refractivity contribution is 6.21. The Labute approximate surface area is 149 Å². The summed E-state index contributed by atoms with van der Waals surface area (Å²) < 4.78 is 0. The summed E-state index contributed by atoms with van der Waals surface area (Å²) in [7, 11) is 0. The summed E-state index contributed by atoms with van der Waals surface area (Å²) in [6.07, 6.45) is 4.36. The van der Waals surface area contributed by atoms with Crippen molar-refractivity contribution < 1.29 is 15.0 Å². The number of carbonyl (C=O) groups is 1. The number of anilines is 1. The number of benzene rings is 1. The molecule has 0 radical (unpaired) electrons. The average molecular weight is 342 g/mol. The van der Waals surface area contributed by atoms with Gasteiger partial charge in [0.1, 0.15) is 11.5 Å². The molecular weight excluding hydrogens is 316 g/mol. The minimum Gasteiger partial charge on any atom is -0.505 e. The third-order valence-electron chi connectivity index (χ3n) is 4.26. The number of aliphatic hydroxyl groups is 2. The topological polar surface area (TPSA) is 73.1 Å². The maximum atomic E-state index is 11.9. The van der Waals surface area contributed by atoms with Crippen LogP contribution in [0.25, 0.3) is 0 Å². The predicted octanol–water partition coefficient (Wildman–Crippen LogP) is 3.64. The predicted molar refractivity (Wildman–Crippen MR) is 102 cm³/mol. The van der Waals surface area contributed by atoms with Gasteiger partial charge in [-0.1, -0.05) is 13.3 Å². The van der Waals surface area contributed by atoms with E-state index in [-0.39, 0.29) is 18.1 Å². The molecule has 1 aromatic rings. The van der Waals surface area contributed by atoms with Gasteiger partial charge in [0.2, 0.25) is 0 Å². The molecular formula is C20H26N2O3. The number of likely N-dealkylation sites (N-methyl/N-ethyl adjacent to an activating group) is 1. The number of hydrogen-bond acceptors (Lipinski definition) is 5. The van der Waals surface area contributed by atoms with Crippen LogP contribution in [0.4, 0.5) is 11.4 Å². The molecule has 0 unspecified atom stereocenters. The number of aryl methyl sites for hydroxylation is 1. The zero-order valence-electron chi connectivity index (χ0n) is 15.1. The van der Waals surface area contributed by atoms with Crippen LogP contribution in [0.5, 0.6) is 0 Å². The van der Waals surface area contributed by atoms with Crippen LogP contribution in [-0.2, 0) is 4.79 Å². The Morgan fingerprint density at radius 2 is 1.96 bits per heavy atom. The van der Waals surface area contributed by atoms with Gasteiger partial charge in [-0.2, -0.15) is 0 Å². The summed E-state index contributed by atoms with van der Waals surface area (Å²) in [5.41, 5.74) is 3.59. The first-order valence-electron chi connectivity index (χ1n) is 8.71. The molecule has 0 atom stereocenters. The quantitative estimate of drug-likeness (QED) is 0.742. The highest BCUT2D eigenvalue weighted by Gasteiger charge is 2.20. The van der Waals surface area contributed by atoms with Gasteiger partial charge in [0.15, 0.2) is 5.78 Å². The number of aliphatic imine (C=N–C) groups is 1. The Bertz CT molecular complexity index is 732. The highest BCUT2D eigenvalue weighted by Crippen LogP contribution is 2.27. The van der Waals surface area contributed by atoms with Gasteiger partial charge in [0.05, 0.1) is 12.3 Å². The lowest BCUT2D eigenvalue weighted by atomic mass is 9.97. The average Bonchev–Trinajstić information content (AvgIpc) is 2.60. The van der Waals surface area contributed by atoms with Crippen LogP contribution in [-0.4, -0.2) is 41.4 Å². The summed E-state index contributed by atoms with van der Waals surface area (Å²) >= 11 is 0. The molecule has 0 saturated heterocycles. The summed E-state index contributed by atoms with van der Waals surface area (Å²) in [5.74, 6) is -0.166. The minimum atomic E-state index is -0.145. The van der Waals surface area contributed by atoms with Crippen molar-refractivity contribution in [2.24, 2.45) is 4.99 Å². The molecule has 0 heterocycles. The summed E-state index contributed by atoms with van der Waals surface area (Å²) in [6, 6.07) is 5.87. The lowest BCUT2D eigenvalue weighted by Gasteiger charge is -2.22. The number of rotatable bonds is 7. The van der Waals surface area contributed by atoms with Crippen molar-refractivity contribution in [1.29, 1.82) is 0 Å². The van der Waals surface area contributed by atoms with Gasteiger partial charge in [-0.3, -0.25) is 4.79 Å². The maximum absolute atomic E-state index is 11.9. The number of ketones is 1. The van der Waals surface area contributed by atoms with E-state index in [4.69, 9.17) is 5.11 Å². The molecule has 1 aliphatic rings. The SMILES string of the molecule is CCCC1=C(O)C(=Nc2ccc(N(CC)CCO)cc2C)C=CC1=O. The summed E-state index contributed by atoms with van der Waals surface area (Å²) in [6.45, 7) is 7.47. The number of allylic oxidation sites excluding steroid dienone is 3. The molecule has 0 spiro atoms. The van der Waals surface area contributed by atoms with Gasteiger partial charge in [-0.25, -0.2) is 4.99 Å². The fourth-order valence-corrected chi connectivity index (χ4v) is 2.87. The molecule has 1 aromatic carbocycles. The highest BCUT2D eigenvalue weighted by atomic mass is 16.3. The fourth-order valence-electron chi connectivity index (χ4n) is 2.87. The van der Waals surface area contributed by atoms with Crippen LogP contribution in [0.1, 0.15) is 32.3 Å². The molecule has 1 aliphatic carbocycles. The third kappa shape index (κ3) is 4.37. The number of nitrogens with zero attached hydrogens (tertiary/aromatic N) is 2. The van der Waals surface area contributed by atoms with E-state index in [1.165, 1.54) is 6.08 Å². The van der Waals surface area contributed by atoms with E-state index >= 15 is 0 Å². The lowest BCUT2D eigenvalue weighted by Crippen LogP contribution is -2.26. The first-order chi connectivity index (χ1) is 12.0. The van der Waals surface area contributed by atoms with Gasteiger partial charge in [0.25, 0.3) is 0 Å². The molecule has 5 heteroatoms. The molecule has 0 aliphatic heterocycles. The molecule has 134 valence electrons. The molecule has 5 nitrogen and oxygen atoms in total. The monoisotopic (exact) mass is 342 g/mol. The maximum Gasteiger partial charge on any atom is 0.185 e. The van der Waals surface area contributed by atoms with Gasteiger partial charge in [0, 0.05) is 24.4 Å². The van der Waals surface area contributed by atoms with E-state index in [9.17, 15) is 9.90 Å². The molecule has 0 bridgehead atoms. The third-order valence-corrected chi connectivity index (χ3v) is 4.26. The largest absolute Gasteiger partial charge is 0.505 e. The second-order valence-corrected chi connectivity index (χ2v) is 6.05. The Hall–Kier alpha value is -2.40. The van der Waals surface area contributed by atoms with Crippen LogP contribution in [0, 0.1) is 6.92 Å². The van der Waals surface area contributed by atoms with Crippen molar-refractivity contribution in [2.45, 2.75) is 33.6 Å². The van der Waals surface area contributed by atoms with E-state index in [1.807, 2.05) is 39.0 Å². The molecule has 0 aromatic heterocycles. The minimum absolute atomic E-state index is 0.0201. The Kier molecular flexibility index (Phi) is 6.53. The molecule has 0 saturated carbocycles. The number of hydrogen-bond donors (Lipinski definition) is 2. The van der Waals surface area contributed by atoms with Crippen molar-refractivity contribution >= 4 is 22.9 Å². The van der Waals surface area contributed by atoms with Crippen molar-refractivity contribution in [3.05, 3.63) is 47.2 Å². The van der Waals surface area contributed by atoms with Gasteiger partial charge in [-0.05, 0) is 56.2 Å². The van der Waals surface area contributed by atoms with E-state index in [0.29, 0.717) is 24.3 Å². The first-order valence-corrected chi connectivity index (χ1v) is 8.71. The smallest absolute Gasteiger partial charge is 0.185 e. The number of carbonyl (C=O) groups excluding carboxylic acids is 1. The fraction of sp³-hybridized carbons (Fsp3) is 0.400. The zero-order valence-corrected chi connectivity index (χ0v) is 15.1. The summed E-state index contributed by atoms with van der Waals surface area (Å²) in [5, 5.41) is 19.5. The van der Waals surface area contributed by atoms with Gasteiger partial charge < -0.3 is 15.1 Å². The van der Waals surface area contributed by atoms with Crippen molar-refractivity contribution in [2.75, 3.05) is 24.6 Å². The van der Waals surface area contributed by atoms with Crippen molar-refractivity contribution in [1.82, 2.24) is 0 Å². The second-order valence-electron chi connectivity index (χ2n) is 6.05. The molecule has 0 fully saturated rings. The van der Waals surface area contributed by atoms with Crippen molar-refractivity contribution in [3.8, 4) is 0 Å². The van der Waals surface area contributed by atoms with E-state index in [2.05, 4.69) is 9.89 Å². The number of aliphatic hydroxyl groups excluding tert-OH is 2.